The SMILES string of the molecule is C[C@H](Sc1nnc(NC[C@@H]2CCCO2)s1)C(=O)N1CCN(S(=O)(=O)c2ccccc2)CC1. The number of hydrogen-bond donors (Lipinski definition) is 1. The van der Waals surface area contributed by atoms with Crippen LogP contribution in [0.2, 0.25) is 0 Å². The maximum absolute atomic E-state index is 12.9. The van der Waals surface area contributed by atoms with Crippen LogP contribution in [0.5, 0.6) is 0 Å². The summed E-state index contributed by atoms with van der Waals surface area (Å²) in [6.45, 7) is 4.70. The fourth-order valence-electron chi connectivity index (χ4n) is 3.68. The topological polar surface area (TPSA) is 105 Å². The lowest BCUT2D eigenvalue weighted by Crippen LogP contribution is -2.52. The predicted octanol–water partition coefficient (Wildman–Crippen LogP) is 2.14. The Morgan fingerprint density at radius 1 is 1.25 bits per heavy atom. The Kier molecular flexibility index (Phi) is 7.66. The number of sulfonamides is 1. The van der Waals surface area contributed by atoms with Crippen molar-refractivity contribution >= 4 is 44.2 Å². The van der Waals surface area contributed by atoms with Gasteiger partial charge < -0.3 is 15.0 Å². The molecule has 0 aliphatic carbocycles. The molecule has 0 bridgehead atoms. The standard InChI is InChI=1S/C20H27N5O4S3/c1-15(30-20-23-22-19(31-20)21-14-16-6-5-13-29-16)18(26)24-9-11-25(12-10-24)32(27,28)17-7-3-2-4-8-17/h2-4,7-8,15-16H,5-6,9-14H2,1H3,(H,21,22)/t15-,16-/m0/s1. The highest BCUT2D eigenvalue weighted by Gasteiger charge is 2.32. The minimum Gasteiger partial charge on any atom is -0.376 e. The molecule has 2 saturated heterocycles. The number of thioether (sulfide) groups is 1. The Bertz CT molecular complexity index is 1000. The first-order valence-corrected chi connectivity index (χ1v) is 13.8. The summed E-state index contributed by atoms with van der Waals surface area (Å²) in [7, 11) is -3.53. The molecule has 2 fully saturated rings. The summed E-state index contributed by atoms with van der Waals surface area (Å²) in [5, 5.41) is 12.0. The number of nitrogens with zero attached hydrogens (tertiary/aromatic N) is 4. The van der Waals surface area contributed by atoms with Gasteiger partial charge in [-0.25, -0.2) is 8.42 Å². The van der Waals surface area contributed by atoms with Crippen molar-refractivity contribution in [2.45, 2.75) is 40.4 Å². The van der Waals surface area contributed by atoms with Gasteiger partial charge >= 0.3 is 0 Å². The van der Waals surface area contributed by atoms with Crippen molar-refractivity contribution in [3.8, 4) is 0 Å². The average molecular weight is 498 g/mol. The van der Waals surface area contributed by atoms with Crippen molar-refractivity contribution < 1.29 is 17.9 Å². The van der Waals surface area contributed by atoms with Crippen LogP contribution in [-0.2, 0) is 19.6 Å². The molecule has 12 heteroatoms. The molecule has 0 saturated carbocycles. The number of benzene rings is 1. The molecule has 174 valence electrons. The summed E-state index contributed by atoms with van der Waals surface area (Å²) in [6, 6.07) is 8.40. The molecule has 2 aromatic rings. The molecule has 1 aromatic carbocycles. The summed E-state index contributed by atoms with van der Waals surface area (Å²) < 4.78 is 33.3. The number of carbonyl (C=O) groups excluding carboxylic acids is 1. The summed E-state index contributed by atoms with van der Waals surface area (Å²) >= 11 is 2.80. The second-order valence-corrected chi connectivity index (χ2v) is 12.2. The van der Waals surface area contributed by atoms with E-state index in [1.54, 1.807) is 35.2 Å². The molecule has 0 unspecified atom stereocenters. The maximum Gasteiger partial charge on any atom is 0.243 e. The van der Waals surface area contributed by atoms with E-state index in [9.17, 15) is 13.2 Å². The first-order valence-electron chi connectivity index (χ1n) is 10.6. The lowest BCUT2D eigenvalue weighted by molar-refractivity contribution is -0.131. The van der Waals surface area contributed by atoms with Gasteiger partial charge in [0, 0.05) is 39.3 Å². The molecule has 1 aromatic heterocycles. The first-order chi connectivity index (χ1) is 15.4. The van der Waals surface area contributed by atoms with Crippen molar-refractivity contribution in [2.24, 2.45) is 0 Å². The van der Waals surface area contributed by atoms with Gasteiger partial charge in [0.15, 0.2) is 4.34 Å². The van der Waals surface area contributed by atoms with Gasteiger partial charge in [-0.05, 0) is 31.9 Å². The minimum absolute atomic E-state index is 0.0178. The van der Waals surface area contributed by atoms with Gasteiger partial charge in [0.05, 0.1) is 16.2 Å². The number of hydrogen-bond acceptors (Lipinski definition) is 9. The van der Waals surface area contributed by atoms with E-state index in [0.29, 0.717) is 19.6 Å². The number of carbonyl (C=O) groups is 1. The molecule has 2 aliphatic rings. The summed E-state index contributed by atoms with van der Waals surface area (Å²) in [5.74, 6) is -0.0178. The molecule has 2 atom stereocenters. The number of amides is 1. The molecule has 3 heterocycles. The van der Waals surface area contributed by atoms with Crippen LogP contribution in [0, 0.1) is 0 Å². The van der Waals surface area contributed by atoms with Gasteiger partial charge in [-0.15, -0.1) is 10.2 Å². The van der Waals surface area contributed by atoms with E-state index in [1.165, 1.54) is 27.4 Å². The molecule has 1 amide bonds. The van der Waals surface area contributed by atoms with Crippen molar-refractivity contribution in [3.05, 3.63) is 30.3 Å². The molecule has 32 heavy (non-hydrogen) atoms. The van der Waals surface area contributed by atoms with Gasteiger partial charge in [-0.3, -0.25) is 4.79 Å². The number of aromatic nitrogens is 2. The van der Waals surface area contributed by atoms with Crippen molar-refractivity contribution in [1.29, 1.82) is 0 Å². The predicted molar refractivity (Wildman–Crippen MR) is 124 cm³/mol. The van der Waals surface area contributed by atoms with E-state index in [2.05, 4.69) is 15.5 Å². The fourth-order valence-corrected chi connectivity index (χ4v) is 7.11. The molecular weight excluding hydrogens is 470 g/mol. The molecule has 0 spiro atoms. The van der Waals surface area contributed by atoms with Gasteiger partial charge in [-0.1, -0.05) is 41.3 Å². The third-order valence-electron chi connectivity index (χ3n) is 5.47. The summed E-state index contributed by atoms with van der Waals surface area (Å²) in [6.07, 6.45) is 2.37. The van der Waals surface area contributed by atoms with Crippen LogP contribution in [0.1, 0.15) is 19.8 Å². The number of ether oxygens (including phenoxy) is 1. The van der Waals surface area contributed by atoms with Crippen LogP contribution in [0.15, 0.2) is 39.6 Å². The summed E-state index contributed by atoms with van der Waals surface area (Å²) in [5.41, 5.74) is 0. The van der Waals surface area contributed by atoms with Crippen LogP contribution in [0.3, 0.4) is 0 Å². The zero-order valence-corrected chi connectivity index (χ0v) is 20.3. The Balaban J connectivity index is 1.26. The zero-order chi connectivity index (χ0) is 22.6. The lowest BCUT2D eigenvalue weighted by Gasteiger charge is -2.35. The number of piperazine rings is 1. The van der Waals surface area contributed by atoms with Crippen LogP contribution in [0.4, 0.5) is 5.13 Å². The Hall–Kier alpha value is -1.73. The summed E-state index contributed by atoms with van der Waals surface area (Å²) in [4.78, 5) is 14.9. The molecule has 1 N–H and O–H groups in total. The van der Waals surface area contributed by atoms with Gasteiger partial charge in [0.2, 0.25) is 21.1 Å². The van der Waals surface area contributed by atoms with E-state index in [0.717, 1.165) is 28.9 Å². The lowest BCUT2D eigenvalue weighted by atomic mass is 10.2. The van der Waals surface area contributed by atoms with Crippen LogP contribution < -0.4 is 5.32 Å². The quantitative estimate of drug-likeness (QED) is 0.553. The highest BCUT2D eigenvalue weighted by Crippen LogP contribution is 2.30. The second kappa shape index (κ2) is 10.5. The van der Waals surface area contributed by atoms with Crippen LogP contribution >= 0.6 is 23.1 Å². The van der Waals surface area contributed by atoms with Gasteiger partial charge in [0.1, 0.15) is 0 Å². The van der Waals surface area contributed by atoms with E-state index < -0.39 is 10.0 Å². The van der Waals surface area contributed by atoms with Crippen molar-refractivity contribution in [2.75, 3.05) is 44.6 Å². The first kappa shape index (κ1) is 23.4. The number of anilines is 1. The molecule has 0 radical (unpaired) electrons. The van der Waals surface area contributed by atoms with Crippen LogP contribution in [0.25, 0.3) is 0 Å². The van der Waals surface area contributed by atoms with Crippen molar-refractivity contribution in [1.82, 2.24) is 19.4 Å². The van der Waals surface area contributed by atoms with Gasteiger partial charge in [-0.2, -0.15) is 4.31 Å². The third-order valence-corrected chi connectivity index (χ3v) is 9.43. The van der Waals surface area contributed by atoms with Crippen LogP contribution in [-0.4, -0.2) is 84.4 Å². The Morgan fingerprint density at radius 2 is 2.00 bits per heavy atom. The maximum atomic E-state index is 12.9. The Labute approximate surface area is 196 Å². The molecule has 2 aliphatic heterocycles. The smallest absolute Gasteiger partial charge is 0.243 e. The monoisotopic (exact) mass is 497 g/mol. The van der Waals surface area contributed by atoms with E-state index in [1.807, 2.05) is 6.92 Å². The van der Waals surface area contributed by atoms with E-state index in [-0.39, 0.29) is 35.2 Å². The average Bonchev–Trinajstić information content (AvgIpc) is 3.50. The van der Waals surface area contributed by atoms with E-state index in [4.69, 9.17) is 4.74 Å². The number of rotatable bonds is 8. The van der Waals surface area contributed by atoms with E-state index >= 15 is 0 Å². The largest absolute Gasteiger partial charge is 0.376 e. The third kappa shape index (κ3) is 5.60. The minimum atomic E-state index is -3.53. The molecule has 4 rings (SSSR count). The van der Waals surface area contributed by atoms with Crippen molar-refractivity contribution in [3.63, 3.8) is 0 Å². The fraction of sp³-hybridized carbons (Fsp3) is 0.550. The highest BCUT2D eigenvalue weighted by molar-refractivity contribution is 8.02. The normalized spacial score (nSPS) is 20.9. The number of nitrogens with one attached hydrogen (secondary N) is 1. The zero-order valence-electron chi connectivity index (χ0n) is 17.8. The highest BCUT2D eigenvalue weighted by atomic mass is 32.2. The van der Waals surface area contributed by atoms with Gasteiger partial charge in [0.25, 0.3) is 0 Å². The molecule has 9 nitrogen and oxygen atoms in total. The second-order valence-electron chi connectivity index (χ2n) is 7.69. The Morgan fingerprint density at radius 3 is 2.69 bits per heavy atom. The molecular formula is C20H27N5O4S3.